The lowest BCUT2D eigenvalue weighted by molar-refractivity contribution is 0.0938. The Balaban J connectivity index is 1.79. The first-order valence-electron chi connectivity index (χ1n) is 10.1. The number of benzene rings is 1. The van der Waals surface area contributed by atoms with Gasteiger partial charge in [-0.2, -0.15) is 0 Å². The molecule has 8 heteroatoms. The molecule has 1 N–H and O–H groups in total. The molecule has 1 amide bonds. The fourth-order valence-corrected chi connectivity index (χ4v) is 3.60. The molecule has 0 aliphatic carbocycles. The number of amides is 1. The van der Waals surface area contributed by atoms with Crippen LogP contribution in [0.4, 0.5) is 10.1 Å². The smallest absolute Gasteiger partial charge is 0.253 e. The van der Waals surface area contributed by atoms with Crippen molar-refractivity contribution >= 4 is 11.6 Å². The minimum atomic E-state index is -0.401. The molecule has 1 unspecified atom stereocenters. The number of piperazine rings is 1. The normalized spacial score (nSPS) is 15.8. The summed E-state index contributed by atoms with van der Waals surface area (Å²) in [5.41, 5.74) is 1.84. The van der Waals surface area contributed by atoms with Gasteiger partial charge in [0.15, 0.2) is 0 Å². The number of pyridine rings is 1. The molecule has 0 spiro atoms. The van der Waals surface area contributed by atoms with Crippen molar-refractivity contribution in [2.45, 2.75) is 19.5 Å². The summed E-state index contributed by atoms with van der Waals surface area (Å²) in [6.07, 6.45) is 1.52. The Morgan fingerprint density at radius 2 is 1.93 bits per heavy atom. The molecule has 1 aliphatic heterocycles. The Hall–Kier alpha value is -2.71. The van der Waals surface area contributed by atoms with Crippen LogP contribution in [0.2, 0.25) is 0 Å². The first-order chi connectivity index (χ1) is 14.4. The van der Waals surface area contributed by atoms with Crippen molar-refractivity contribution in [2.24, 2.45) is 0 Å². The molecular weight excluding hydrogens is 387 g/mol. The number of nitrogens with zero attached hydrogens (tertiary/aromatic N) is 3. The molecule has 2 heterocycles. The molecule has 1 aromatic heterocycles. The predicted octanol–water partition coefficient (Wildman–Crippen LogP) is 1.88. The van der Waals surface area contributed by atoms with Gasteiger partial charge < -0.3 is 24.4 Å². The zero-order chi connectivity index (χ0) is 21.7. The zero-order valence-electron chi connectivity index (χ0n) is 17.7. The maximum absolute atomic E-state index is 14.0. The first kappa shape index (κ1) is 22.0. The second kappa shape index (κ2) is 9.86. The van der Waals surface area contributed by atoms with E-state index in [4.69, 9.17) is 4.74 Å². The highest BCUT2D eigenvalue weighted by Crippen LogP contribution is 2.28. The maximum atomic E-state index is 14.0. The number of methoxy groups -OCH3 is 1. The fraction of sp³-hybridized carbons (Fsp3) is 0.455. The predicted molar refractivity (Wildman–Crippen MR) is 115 cm³/mol. The third-order valence-electron chi connectivity index (χ3n) is 5.43. The minimum Gasteiger partial charge on any atom is -0.383 e. The number of carbonyl (C=O) groups is 1. The molecule has 1 saturated heterocycles. The van der Waals surface area contributed by atoms with Gasteiger partial charge >= 0.3 is 0 Å². The first-order valence-corrected chi connectivity index (χ1v) is 10.1. The van der Waals surface area contributed by atoms with Crippen LogP contribution in [0.5, 0.6) is 0 Å². The summed E-state index contributed by atoms with van der Waals surface area (Å²) in [5.74, 6) is -0.653. The van der Waals surface area contributed by atoms with Gasteiger partial charge in [0.1, 0.15) is 5.82 Å². The van der Waals surface area contributed by atoms with Crippen LogP contribution in [-0.4, -0.2) is 62.3 Å². The van der Waals surface area contributed by atoms with Crippen molar-refractivity contribution in [1.29, 1.82) is 0 Å². The Kier molecular flexibility index (Phi) is 7.23. The molecule has 1 aromatic carbocycles. The molecule has 1 atom stereocenters. The van der Waals surface area contributed by atoms with Crippen LogP contribution in [0.1, 0.15) is 28.9 Å². The van der Waals surface area contributed by atoms with Crippen LogP contribution >= 0.6 is 0 Å². The van der Waals surface area contributed by atoms with Crippen LogP contribution in [0.3, 0.4) is 0 Å². The van der Waals surface area contributed by atoms with E-state index in [1.54, 1.807) is 13.2 Å². The number of rotatable bonds is 7. The number of anilines is 1. The third-order valence-corrected chi connectivity index (χ3v) is 5.43. The average molecular weight is 416 g/mol. The zero-order valence-corrected chi connectivity index (χ0v) is 17.7. The van der Waals surface area contributed by atoms with Gasteiger partial charge in [-0.05, 0) is 38.2 Å². The van der Waals surface area contributed by atoms with E-state index in [-0.39, 0.29) is 17.3 Å². The van der Waals surface area contributed by atoms with Crippen molar-refractivity contribution in [3.05, 3.63) is 63.8 Å². The highest BCUT2D eigenvalue weighted by molar-refractivity contribution is 5.94. The molecule has 30 heavy (non-hydrogen) atoms. The third kappa shape index (κ3) is 5.25. The van der Waals surface area contributed by atoms with E-state index in [2.05, 4.69) is 22.2 Å². The summed E-state index contributed by atoms with van der Waals surface area (Å²) in [7, 11) is 3.64. The highest BCUT2D eigenvalue weighted by Gasteiger charge is 2.21. The van der Waals surface area contributed by atoms with Gasteiger partial charge in [-0.1, -0.05) is 0 Å². The molecule has 0 bridgehead atoms. The summed E-state index contributed by atoms with van der Waals surface area (Å²) in [6, 6.07) is 7.19. The van der Waals surface area contributed by atoms with Gasteiger partial charge in [0.25, 0.3) is 11.5 Å². The Morgan fingerprint density at radius 3 is 2.63 bits per heavy atom. The summed E-state index contributed by atoms with van der Waals surface area (Å²) in [5, 5.41) is 2.94. The lowest BCUT2D eigenvalue weighted by atomic mass is 10.0. The topological polar surface area (TPSA) is 66.8 Å². The van der Waals surface area contributed by atoms with Gasteiger partial charge in [-0.15, -0.1) is 0 Å². The molecule has 1 aliphatic rings. The van der Waals surface area contributed by atoms with E-state index in [0.717, 1.165) is 37.4 Å². The van der Waals surface area contributed by atoms with E-state index in [0.29, 0.717) is 18.7 Å². The van der Waals surface area contributed by atoms with E-state index in [1.165, 1.54) is 35.0 Å². The Bertz CT molecular complexity index is 938. The second-order valence-corrected chi connectivity index (χ2v) is 7.63. The standard InChI is InChI=1S/C22H29FN4O3/c1-16(24-22(29)17-4-7-21(28)27(15-17)12-13-30-3)19-14-18(23)5-6-20(19)26-10-8-25(2)9-11-26/h4-7,14-16H,8-13H2,1-3H3,(H,24,29). The SMILES string of the molecule is COCCn1cc(C(=O)NC(C)c2cc(F)ccc2N2CCN(C)CC2)ccc1=O. The van der Waals surface area contributed by atoms with E-state index >= 15 is 0 Å². The second-order valence-electron chi connectivity index (χ2n) is 7.63. The largest absolute Gasteiger partial charge is 0.383 e. The Labute approximate surface area is 176 Å². The quantitative estimate of drug-likeness (QED) is 0.747. The van der Waals surface area contributed by atoms with Crippen LogP contribution in [0.25, 0.3) is 0 Å². The van der Waals surface area contributed by atoms with Gasteiger partial charge in [0.2, 0.25) is 0 Å². The fourth-order valence-electron chi connectivity index (χ4n) is 3.60. The molecule has 0 saturated carbocycles. The number of likely N-dealkylation sites (N-methyl/N-ethyl adjacent to an activating group) is 1. The van der Waals surface area contributed by atoms with Crippen LogP contribution < -0.4 is 15.8 Å². The molecule has 7 nitrogen and oxygen atoms in total. The molecule has 3 rings (SSSR count). The number of halogens is 1. The maximum Gasteiger partial charge on any atom is 0.253 e. The van der Waals surface area contributed by atoms with E-state index < -0.39 is 6.04 Å². The van der Waals surface area contributed by atoms with Crippen molar-refractivity contribution < 1.29 is 13.9 Å². The van der Waals surface area contributed by atoms with Crippen LogP contribution in [-0.2, 0) is 11.3 Å². The number of nitrogens with one attached hydrogen (secondary N) is 1. The minimum absolute atomic E-state index is 0.195. The highest BCUT2D eigenvalue weighted by atomic mass is 19.1. The van der Waals surface area contributed by atoms with Crippen molar-refractivity contribution in [3.63, 3.8) is 0 Å². The van der Waals surface area contributed by atoms with Crippen molar-refractivity contribution in [2.75, 3.05) is 51.8 Å². The van der Waals surface area contributed by atoms with Gasteiger partial charge in [0, 0.05) is 63.3 Å². The number of hydrogen-bond acceptors (Lipinski definition) is 5. The summed E-state index contributed by atoms with van der Waals surface area (Å²) >= 11 is 0. The van der Waals surface area contributed by atoms with Crippen molar-refractivity contribution in [1.82, 2.24) is 14.8 Å². The molecule has 0 radical (unpaired) electrons. The van der Waals surface area contributed by atoms with Crippen molar-refractivity contribution in [3.8, 4) is 0 Å². The van der Waals surface area contributed by atoms with Gasteiger partial charge in [0.05, 0.1) is 18.2 Å². The lowest BCUT2D eigenvalue weighted by Crippen LogP contribution is -2.45. The average Bonchev–Trinajstić information content (AvgIpc) is 2.73. The number of aromatic nitrogens is 1. The number of carbonyl (C=O) groups excluding carboxylic acids is 1. The number of hydrogen-bond donors (Lipinski definition) is 1. The molecule has 1 fully saturated rings. The summed E-state index contributed by atoms with van der Waals surface area (Å²) < 4.78 is 20.5. The van der Waals surface area contributed by atoms with Crippen LogP contribution in [0.15, 0.2) is 41.3 Å². The van der Waals surface area contributed by atoms with Gasteiger partial charge in [-0.3, -0.25) is 9.59 Å². The molecule has 2 aromatic rings. The van der Waals surface area contributed by atoms with E-state index in [1.807, 2.05) is 6.92 Å². The lowest BCUT2D eigenvalue weighted by Gasteiger charge is -2.36. The molecule has 162 valence electrons. The molecular formula is C22H29FN4O3. The van der Waals surface area contributed by atoms with Gasteiger partial charge in [-0.25, -0.2) is 4.39 Å². The summed E-state index contributed by atoms with van der Waals surface area (Å²) in [4.78, 5) is 29.2. The van der Waals surface area contributed by atoms with E-state index in [9.17, 15) is 14.0 Å². The van der Waals surface area contributed by atoms with Crippen LogP contribution in [0, 0.1) is 5.82 Å². The number of ether oxygens (including phenoxy) is 1. The monoisotopic (exact) mass is 416 g/mol. The Morgan fingerprint density at radius 1 is 1.20 bits per heavy atom. The summed E-state index contributed by atoms with van der Waals surface area (Å²) in [6.45, 7) is 6.14.